The molecule has 0 fully saturated rings. The zero-order chi connectivity index (χ0) is 57.1. The van der Waals surface area contributed by atoms with Crippen molar-refractivity contribution in [3.05, 3.63) is 291 Å². The van der Waals surface area contributed by atoms with Crippen molar-refractivity contribution in [3.8, 4) is 56.0 Å². The third kappa shape index (κ3) is 24.5. The van der Waals surface area contributed by atoms with Gasteiger partial charge in [0.1, 0.15) is 0 Å². The number of nitrogens with zero attached hydrogens (tertiary/aromatic N) is 4. The summed E-state index contributed by atoms with van der Waals surface area (Å²) in [6.07, 6.45) is 9.57. The van der Waals surface area contributed by atoms with Gasteiger partial charge in [0.05, 0.1) is 11.5 Å². The monoisotopic (exact) mass is 1820 g/mol. The van der Waals surface area contributed by atoms with Crippen molar-refractivity contribution in [1.82, 2.24) is 19.9 Å². The van der Waals surface area contributed by atoms with Crippen LogP contribution >= 0.6 is 0 Å². The molecule has 12 heteroatoms. The minimum atomic E-state index is -0.125. The number of allylic oxidation sites excluding steroid dienone is 4. The molecule has 4 heterocycles. The molecule has 84 heavy (non-hydrogen) atoms. The van der Waals surface area contributed by atoms with Crippen LogP contribution in [0.25, 0.3) is 77.7 Å². The van der Waals surface area contributed by atoms with E-state index in [9.17, 15) is 9.59 Å². The topological polar surface area (TPSA) is 126 Å². The number of hydrogen-bond acceptors (Lipinski definition) is 8. The van der Waals surface area contributed by atoms with Crippen molar-refractivity contribution in [1.29, 1.82) is 0 Å². The van der Waals surface area contributed by atoms with Crippen LogP contribution in [0.5, 0.6) is 0 Å². The van der Waals surface area contributed by atoms with Crippen LogP contribution in [0.15, 0.2) is 261 Å². The van der Waals surface area contributed by atoms with Gasteiger partial charge in [0.2, 0.25) is 0 Å². The molecular formula is C72H64Ir4N4O4-4. The molecule has 0 saturated carbocycles. The fraction of sp³-hybridized carbons (Fsp3) is 0.111. The van der Waals surface area contributed by atoms with Gasteiger partial charge in [-0.05, 0) is 85.4 Å². The van der Waals surface area contributed by atoms with Gasteiger partial charge in [0.15, 0.2) is 11.6 Å². The molecule has 0 unspecified atom stereocenters. The summed E-state index contributed by atoms with van der Waals surface area (Å²) < 4.78 is 0. The summed E-state index contributed by atoms with van der Waals surface area (Å²) in [5.74, 6) is -0.125. The minimum Gasteiger partial charge on any atom is -0.512 e. The Labute approximate surface area is 549 Å². The number of benzene rings is 7. The quantitative estimate of drug-likeness (QED) is 0.0699. The summed E-state index contributed by atoms with van der Waals surface area (Å²) in [5, 5.41) is 20.2. The summed E-state index contributed by atoms with van der Waals surface area (Å²) in [6, 6.07) is 84.3. The van der Waals surface area contributed by atoms with E-state index in [1.165, 1.54) is 72.9 Å². The zero-order valence-corrected chi connectivity index (χ0v) is 57.1. The van der Waals surface area contributed by atoms with E-state index in [-0.39, 0.29) is 109 Å². The number of aromatic nitrogens is 4. The molecule has 2 N–H and O–H groups in total. The molecule has 0 aliphatic heterocycles. The van der Waals surface area contributed by atoms with Crippen molar-refractivity contribution in [3.63, 3.8) is 0 Å². The zero-order valence-electron chi connectivity index (χ0n) is 47.5. The predicted molar refractivity (Wildman–Crippen MR) is 327 cm³/mol. The molecule has 0 amide bonds. The average molecular weight is 1820 g/mol. The number of carbonyl (C=O) groups is 2. The molecule has 11 aromatic rings. The maximum atomic E-state index is 10.0. The molecule has 0 atom stereocenters. The van der Waals surface area contributed by atoms with E-state index in [1.807, 2.05) is 140 Å². The molecule has 0 aliphatic rings. The molecule has 0 aliphatic carbocycles. The van der Waals surface area contributed by atoms with Crippen LogP contribution in [0.4, 0.5) is 0 Å². The van der Waals surface area contributed by atoms with Crippen molar-refractivity contribution in [2.45, 2.75) is 53.9 Å². The smallest absolute Gasteiger partial charge is 0.155 e. The summed E-state index contributed by atoms with van der Waals surface area (Å²) in [4.78, 5) is 37.4. The molecule has 4 radical (unpaired) electrons. The maximum absolute atomic E-state index is 10.0. The van der Waals surface area contributed by atoms with E-state index in [4.69, 9.17) is 10.2 Å². The van der Waals surface area contributed by atoms with E-state index in [0.717, 1.165) is 50.2 Å². The first-order chi connectivity index (χ1) is 38.7. The van der Waals surface area contributed by atoms with E-state index < -0.39 is 0 Å². The number of hydrogen-bond donors (Lipinski definition) is 2. The Morgan fingerprint density at radius 2 is 0.881 bits per heavy atom. The summed E-state index contributed by atoms with van der Waals surface area (Å²) in [6.45, 7) is 12.3. The number of ketones is 2. The first-order valence-corrected chi connectivity index (χ1v) is 26.0. The van der Waals surface area contributed by atoms with Gasteiger partial charge in [-0.2, -0.15) is 0 Å². The molecule has 11 rings (SSSR count). The van der Waals surface area contributed by atoms with Gasteiger partial charge in [-0.15, -0.1) is 130 Å². The van der Waals surface area contributed by atoms with Gasteiger partial charge in [0.25, 0.3) is 0 Å². The van der Waals surface area contributed by atoms with Gasteiger partial charge < -0.3 is 30.1 Å². The first kappa shape index (κ1) is 72.8. The Morgan fingerprint density at radius 3 is 1.35 bits per heavy atom. The second kappa shape index (κ2) is 38.5. The van der Waals surface area contributed by atoms with Crippen molar-refractivity contribution in [2.75, 3.05) is 0 Å². The fourth-order valence-corrected chi connectivity index (χ4v) is 7.83. The molecule has 0 saturated heterocycles. The van der Waals surface area contributed by atoms with Crippen LogP contribution in [0.3, 0.4) is 0 Å². The third-order valence-corrected chi connectivity index (χ3v) is 11.6. The molecule has 4 aromatic heterocycles. The molecule has 436 valence electrons. The number of carbonyl (C=O) groups excluding carboxylic acids is 2. The molecule has 8 nitrogen and oxygen atoms in total. The van der Waals surface area contributed by atoms with Gasteiger partial charge in [-0.25, -0.2) is 0 Å². The number of fused-ring (bicyclic) bond motifs is 3. The Balaban J connectivity index is 0.000000351. The largest absolute Gasteiger partial charge is 0.512 e. The van der Waals surface area contributed by atoms with Crippen molar-refractivity contribution < 1.29 is 100 Å². The molecule has 0 spiro atoms. The predicted octanol–water partition coefficient (Wildman–Crippen LogP) is 17.5. The van der Waals surface area contributed by atoms with Gasteiger partial charge in [0, 0.05) is 117 Å². The standard InChI is InChI=1S/2C17H12N.C15H16N.C13H8N.2C5H8O2.4Ir/c1-2-8-14(9-3-1)15-10-4-5-11-16(15)17-12-6-7-13-18-17;1-2-6-14(7-3-1)15-9-11-16(12-10-15)17-8-4-5-13-18-17;1-15(2,3)13-9-7-12(8-10-13)14-6-4-5-11-16-14;1-2-6-12-10(4-1)7-8-11-5-3-9-14-13(11)12;2*1-4(6)3-5(2)7;;;;/h1-10,12-13H;1-11,13H;4-7,9-11H,1-3H3;1-5,7-9H;2*3,6H,1-2H3;;;;/q4*-1;;;;;;. The van der Waals surface area contributed by atoms with E-state index >= 15 is 0 Å². The summed E-state index contributed by atoms with van der Waals surface area (Å²) in [7, 11) is 0. The number of aliphatic hydroxyl groups is 2. The second-order valence-corrected chi connectivity index (χ2v) is 19.1. The van der Waals surface area contributed by atoms with Crippen LogP contribution in [0, 0.1) is 24.3 Å². The molecule has 0 bridgehead atoms. The Hall–Kier alpha value is -7.32. The van der Waals surface area contributed by atoms with Crippen LogP contribution in [-0.4, -0.2) is 41.7 Å². The summed E-state index contributed by atoms with van der Waals surface area (Å²) >= 11 is 0. The Bertz CT molecular complexity index is 3510. The second-order valence-electron chi connectivity index (χ2n) is 19.1. The number of rotatable bonds is 7. The maximum Gasteiger partial charge on any atom is 0.155 e. The van der Waals surface area contributed by atoms with Gasteiger partial charge >= 0.3 is 0 Å². The van der Waals surface area contributed by atoms with E-state index in [1.54, 1.807) is 12.4 Å². The van der Waals surface area contributed by atoms with Crippen LogP contribution in [0.2, 0.25) is 0 Å². The third-order valence-electron chi connectivity index (χ3n) is 11.6. The number of pyridine rings is 4. The minimum absolute atomic E-state index is 0. The fourth-order valence-electron chi connectivity index (χ4n) is 7.83. The van der Waals surface area contributed by atoms with Crippen molar-refractivity contribution in [2.24, 2.45) is 0 Å². The van der Waals surface area contributed by atoms with Gasteiger partial charge in [-0.1, -0.05) is 158 Å². The van der Waals surface area contributed by atoms with Crippen LogP contribution in [0.1, 0.15) is 54.0 Å². The normalized spacial score (nSPS) is 10.3. The number of aliphatic hydroxyl groups excluding tert-OH is 2. The Morgan fingerprint density at radius 1 is 0.417 bits per heavy atom. The van der Waals surface area contributed by atoms with E-state index in [0.29, 0.717) is 0 Å². The van der Waals surface area contributed by atoms with Gasteiger partial charge in [-0.3, -0.25) is 9.59 Å². The molecular weight excluding hydrogens is 1750 g/mol. The average Bonchev–Trinajstić information content (AvgIpc) is 3.59. The SMILES string of the molecule is CC(=O)C=C(C)O.CC(=O)C=C(C)O.CC(C)(C)c1c[c-]c(-c2ccccn2)cc1.[Ir].[Ir].[Ir].[Ir].[c-]1cc(-c2ccccc2)ccc1-c1ccccn1.[c-]1cccc(-c2ccccc2)c1-c1ccccn1.[c-]1cccc2ccc3cccnc3c12. The van der Waals surface area contributed by atoms with Crippen molar-refractivity contribution >= 4 is 33.2 Å². The van der Waals surface area contributed by atoms with Crippen LogP contribution < -0.4 is 0 Å². The summed E-state index contributed by atoms with van der Waals surface area (Å²) in [5.41, 5.74) is 13.3. The molecule has 7 aromatic carbocycles. The first-order valence-electron chi connectivity index (χ1n) is 26.0. The Kier molecular flexibility index (Phi) is 33.4. The van der Waals surface area contributed by atoms with Crippen LogP contribution in [-0.2, 0) is 95.4 Å². The van der Waals surface area contributed by atoms with E-state index in [2.05, 4.69) is 150 Å².